The molecule has 0 atom stereocenters. The molecule has 0 bridgehead atoms. The van der Waals surface area contributed by atoms with Gasteiger partial charge in [-0.3, -0.25) is 0 Å². The second-order valence-corrected chi connectivity index (χ2v) is 4.14. The van der Waals surface area contributed by atoms with Crippen molar-refractivity contribution in [3.05, 3.63) is 53.3 Å². The van der Waals surface area contributed by atoms with Crippen LogP contribution in [0.2, 0.25) is 0 Å². The van der Waals surface area contributed by atoms with Crippen molar-refractivity contribution in [2.24, 2.45) is 0 Å². The summed E-state index contributed by atoms with van der Waals surface area (Å²) in [4.78, 5) is 0. The van der Waals surface area contributed by atoms with Gasteiger partial charge in [-0.25, -0.2) is 13.2 Å². The van der Waals surface area contributed by atoms with Crippen molar-refractivity contribution in [2.75, 3.05) is 6.61 Å². The summed E-state index contributed by atoms with van der Waals surface area (Å²) in [6, 6.07) is 6.94. The summed E-state index contributed by atoms with van der Waals surface area (Å²) in [7, 11) is 0. The Kier molecular flexibility index (Phi) is 3.79. The zero-order chi connectivity index (χ0) is 14.0. The molecule has 0 aliphatic carbocycles. The molecule has 2 aromatic carbocycles. The summed E-state index contributed by atoms with van der Waals surface area (Å²) in [6.07, 6.45) is 0. The molecule has 0 spiro atoms. The van der Waals surface area contributed by atoms with Crippen molar-refractivity contribution in [1.29, 1.82) is 0 Å². The van der Waals surface area contributed by atoms with Gasteiger partial charge in [0.15, 0.2) is 23.2 Å². The van der Waals surface area contributed by atoms with Gasteiger partial charge in [0, 0.05) is 5.56 Å². The Bertz CT molecular complexity index is 609. The molecular weight excluding hydrogens is 253 g/mol. The first-order valence-corrected chi connectivity index (χ1v) is 5.92. The van der Waals surface area contributed by atoms with Crippen molar-refractivity contribution in [2.45, 2.75) is 13.8 Å². The Morgan fingerprint density at radius 3 is 2.37 bits per heavy atom. The largest absolute Gasteiger partial charge is 0.491 e. The Hall–Kier alpha value is -1.97. The molecule has 2 rings (SSSR count). The van der Waals surface area contributed by atoms with Gasteiger partial charge >= 0.3 is 0 Å². The lowest BCUT2D eigenvalue weighted by atomic mass is 10.0. The SMILES string of the molecule is CCOc1ccc(-c2ccc(C)c(F)c2F)cc1F. The van der Waals surface area contributed by atoms with Crippen molar-refractivity contribution in [3.63, 3.8) is 0 Å². The van der Waals surface area contributed by atoms with E-state index in [0.29, 0.717) is 6.61 Å². The van der Waals surface area contributed by atoms with E-state index in [1.807, 2.05) is 0 Å². The van der Waals surface area contributed by atoms with Gasteiger partial charge in [-0.1, -0.05) is 18.2 Å². The van der Waals surface area contributed by atoms with Gasteiger partial charge in [0.1, 0.15) is 0 Å². The van der Waals surface area contributed by atoms with E-state index in [0.717, 1.165) is 6.07 Å². The highest BCUT2D eigenvalue weighted by atomic mass is 19.2. The average molecular weight is 266 g/mol. The van der Waals surface area contributed by atoms with Crippen molar-refractivity contribution in [3.8, 4) is 16.9 Å². The lowest BCUT2D eigenvalue weighted by Crippen LogP contribution is -1.96. The van der Waals surface area contributed by atoms with Crippen molar-refractivity contribution in [1.82, 2.24) is 0 Å². The Balaban J connectivity index is 2.48. The summed E-state index contributed by atoms with van der Waals surface area (Å²) in [5.74, 6) is -2.38. The van der Waals surface area contributed by atoms with E-state index in [1.165, 1.54) is 31.2 Å². The zero-order valence-corrected chi connectivity index (χ0v) is 10.6. The molecule has 0 aliphatic rings. The molecule has 2 aromatic rings. The molecule has 0 aromatic heterocycles. The molecule has 1 nitrogen and oxygen atoms in total. The first kappa shape index (κ1) is 13.5. The van der Waals surface area contributed by atoms with Crippen LogP contribution in [0.25, 0.3) is 11.1 Å². The van der Waals surface area contributed by atoms with Gasteiger partial charge in [0.2, 0.25) is 0 Å². The van der Waals surface area contributed by atoms with E-state index in [-0.39, 0.29) is 22.4 Å². The standard InChI is InChI=1S/C15H13F3O/c1-3-19-13-7-5-10(8-12(13)16)11-6-4-9(2)14(17)15(11)18/h4-8H,3H2,1-2H3. The van der Waals surface area contributed by atoms with Crippen LogP contribution in [-0.2, 0) is 0 Å². The van der Waals surface area contributed by atoms with Crippen molar-refractivity contribution < 1.29 is 17.9 Å². The Morgan fingerprint density at radius 1 is 1.00 bits per heavy atom. The number of aryl methyl sites for hydroxylation is 1. The number of rotatable bonds is 3. The van der Waals surface area contributed by atoms with E-state index in [2.05, 4.69) is 0 Å². The van der Waals surface area contributed by atoms with Crippen LogP contribution in [0.15, 0.2) is 30.3 Å². The Morgan fingerprint density at radius 2 is 1.74 bits per heavy atom. The Labute approximate surface area is 109 Å². The summed E-state index contributed by atoms with van der Waals surface area (Å²) in [5.41, 5.74) is 0.523. The second-order valence-electron chi connectivity index (χ2n) is 4.14. The number of hydrogen-bond acceptors (Lipinski definition) is 1. The van der Waals surface area contributed by atoms with E-state index >= 15 is 0 Å². The van der Waals surface area contributed by atoms with Crippen molar-refractivity contribution >= 4 is 0 Å². The van der Waals surface area contributed by atoms with Crippen LogP contribution >= 0.6 is 0 Å². The summed E-state index contributed by atoms with van der Waals surface area (Å²) in [5, 5.41) is 0. The zero-order valence-electron chi connectivity index (χ0n) is 10.6. The quantitative estimate of drug-likeness (QED) is 0.796. The highest BCUT2D eigenvalue weighted by Crippen LogP contribution is 2.29. The molecule has 4 heteroatoms. The van der Waals surface area contributed by atoms with Crippen LogP contribution in [0.1, 0.15) is 12.5 Å². The van der Waals surface area contributed by atoms with Gasteiger partial charge in [-0.2, -0.15) is 0 Å². The maximum Gasteiger partial charge on any atom is 0.166 e. The predicted octanol–water partition coefficient (Wildman–Crippen LogP) is 4.48. The van der Waals surface area contributed by atoms with Gasteiger partial charge in [0.05, 0.1) is 6.61 Å². The molecule has 100 valence electrons. The summed E-state index contributed by atoms with van der Waals surface area (Å²) < 4.78 is 46.0. The third kappa shape index (κ3) is 2.57. The summed E-state index contributed by atoms with van der Waals surface area (Å²) >= 11 is 0. The molecule has 0 N–H and O–H groups in total. The predicted molar refractivity (Wildman–Crippen MR) is 67.7 cm³/mol. The molecule has 0 heterocycles. The fraction of sp³-hybridized carbons (Fsp3) is 0.200. The molecule has 0 saturated heterocycles. The fourth-order valence-corrected chi connectivity index (χ4v) is 1.81. The molecule has 0 unspecified atom stereocenters. The van der Waals surface area contributed by atoms with Gasteiger partial charge in [-0.15, -0.1) is 0 Å². The number of hydrogen-bond donors (Lipinski definition) is 0. The van der Waals surface area contributed by atoms with Crippen LogP contribution in [-0.4, -0.2) is 6.61 Å². The molecule has 0 amide bonds. The smallest absolute Gasteiger partial charge is 0.166 e. The first-order valence-electron chi connectivity index (χ1n) is 5.92. The van der Waals surface area contributed by atoms with Crippen LogP contribution < -0.4 is 4.74 Å². The van der Waals surface area contributed by atoms with E-state index < -0.39 is 17.5 Å². The van der Waals surface area contributed by atoms with Crippen LogP contribution in [0.5, 0.6) is 5.75 Å². The third-order valence-corrected chi connectivity index (χ3v) is 2.82. The van der Waals surface area contributed by atoms with Crippen LogP contribution in [0, 0.1) is 24.4 Å². The van der Waals surface area contributed by atoms with E-state index in [1.54, 1.807) is 6.92 Å². The fourth-order valence-electron chi connectivity index (χ4n) is 1.81. The molecule has 0 fully saturated rings. The first-order chi connectivity index (χ1) is 9.04. The van der Waals surface area contributed by atoms with Gasteiger partial charge in [0.25, 0.3) is 0 Å². The minimum absolute atomic E-state index is 0.0325. The number of ether oxygens (including phenoxy) is 1. The lowest BCUT2D eigenvalue weighted by Gasteiger charge is -2.09. The highest BCUT2D eigenvalue weighted by Gasteiger charge is 2.14. The minimum Gasteiger partial charge on any atom is -0.491 e. The summed E-state index contributed by atoms with van der Waals surface area (Å²) in [6.45, 7) is 3.55. The minimum atomic E-state index is -0.969. The molecule has 0 radical (unpaired) electrons. The lowest BCUT2D eigenvalue weighted by molar-refractivity contribution is 0.321. The van der Waals surface area contributed by atoms with Crippen LogP contribution in [0.4, 0.5) is 13.2 Å². The number of benzene rings is 2. The maximum absolute atomic E-state index is 13.8. The highest BCUT2D eigenvalue weighted by molar-refractivity contribution is 5.65. The van der Waals surface area contributed by atoms with Gasteiger partial charge < -0.3 is 4.74 Å². The molecule has 19 heavy (non-hydrogen) atoms. The topological polar surface area (TPSA) is 9.23 Å². The second kappa shape index (κ2) is 5.34. The number of halogens is 3. The third-order valence-electron chi connectivity index (χ3n) is 2.82. The average Bonchev–Trinajstić information content (AvgIpc) is 2.39. The molecule has 0 saturated carbocycles. The van der Waals surface area contributed by atoms with E-state index in [4.69, 9.17) is 4.74 Å². The monoisotopic (exact) mass is 266 g/mol. The van der Waals surface area contributed by atoms with Crippen LogP contribution in [0.3, 0.4) is 0 Å². The molecule has 0 aliphatic heterocycles. The van der Waals surface area contributed by atoms with Gasteiger partial charge in [-0.05, 0) is 37.1 Å². The maximum atomic E-state index is 13.8. The van der Waals surface area contributed by atoms with E-state index in [9.17, 15) is 13.2 Å². The normalized spacial score (nSPS) is 10.6. The molecular formula is C15H13F3O.